The van der Waals surface area contributed by atoms with Crippen LogP contribution >= 0.6 is 15.9 Å². The van der Waals surface area contributed by atoms with Crippen LogP contribution in [0.1, 0.15) is 18.1 Å². The average molecular weight is 447 g/mol. The SMILES string of the molecule is CCOc1cc(/C=C(/C#N)C(=O)N(C)C)cc(Br)c1OCc1ccc(F)cc1. The molecule has 1 amide bonds. The minimum atomic E-state index is -0.381. The molecule has 0 N–H and O–H groups in total. The number of carbonyl (C=O) groups is 1. The van der Waals surface area contributed by atoms with Gasteiger partial charge < -0.3 is 14.4 Å². The third kappa shape index (κ3) is 5.57. The zero-order valence-corrected chi connectivity index (χ0v) is 17.4. The molecule has 0 unspecified atom stereocenters. The fourth-order valence-corrected chi connectivity index (χ4v) is 2.93. The van der Waals surface area contributed by atoms with Crippen LogP contribution in [-0.2, 0) is 11.4 Å². The molecule has 0 aliphatic heterocycles. The fourth-order valence-electron chi connectivity index (χ4n) is 2.36. The molecule has 5 nitrogen and oxygen atoms in total. The summed E-state index contributed by atoms with van der Waals surface area (Å²) in [6.07, 6.45) is 1.50. The number of carbonyl (C=O) groups excluding carboxylic acids is 1. The van der Waals surface area contributed by atoms with E-state index in [1.165, 1.54) is 23.1 Å². The Balaban J connectivity index is 2.34. The van der Waals surface area contributed by atoms with Crippen molar-refractivity contribution in [2.24, 2.45) is 0 Å². The van der Waals surface area contributed by atoms with Crippen molar-refractivity contribution in [3.05, 3.63) is 63.4 Å². The van der Waals surface area contributed by atoms with Crippen LogP contribution in [0.4, 0.5) is 4.39 Å². The standard InChI is InChI=1S/C21H20BrFN2O3/c1-4-27-19-11-15(9-16(12-24)21(26)25(2)3)10-18(22)20(19)28-13-14-5-7-17(23)8-6-14/h5-11H,4,13H2,1-3H3/b16-9-. The number of benzene rings is 2. The van der Waals surface area contributed by atoms with Gasteiger partial charge in [-0.3, -0.25) is 4.79 Å². The number of nitrogens with zero attached hydrogens (tertiary/aromatic N) is 2. The van der Waals surface area contributed by atoms with E-state index in [0.29, 0.717) is 28.1 Å². The molecule has 0 atom stereocenters. The lowest BCUT2D eigenvalue weighted by molar-refractivity contribution is -0.124. The molecular formula is C21H20BrFN2O3. The van der Waals surface area contributed by atoms with E-state index in [-0.39, 0.29) is 23.9 Å². The van der Waals surface area contributed by atoms with Gasteiger partial charge in [0.05, 0.1) is 11.1 Å². The van der Waals surface area contributed by atoms with Gasteiger partial charge in [-0.15, -0.1) is 0 Å². The van der Waals surface area contributed by atoms with E-state index in [1.54, 1.807) is 38.4 Å². The van der Waals surface area contributed by atoms with Crippen molar-refractivity contribution in [3.8, 4) is 17.6 Å². The van der Waals surface area contributed by atoms with Crippen molar-refractivity contribution in [3.63, 3.8) is 0 Å². The van der Waals surface area contributed by atoms with E-state index < -0.39 is 0 Å². The molecule has 2 aromatic rings. The summed E-state index contributed by atoms with van der Waals surface area (Å²) in [5, 5.41) is 9.27. The maximum atomic E-state index is 13.0. The monoisotopic (exact) mass is 446 g/mol. The Morgan fingerprint density at radius 3 is 2.50 bits per heavy atom. The van der Waals surface area contributed by atoms with Crippen LogP contribution in [0.25, 0.3) is 6.08 Å². The lowest BCUT2D eigenvalue weighted by Gasteiger charge is -2.15. The fraction of sp³-hybridized carbons (Fsp3) is 0.238. The van der Waals surface area contributed by atoms with Crippen LogP contribution < -0.4 is 9.47 Å². The molecule has 146 valence electrons. The number of hydrogen-bond donors (Lipinski definition) is 0. The molecule has 0 radical (unpaired) electrons. The normalized spacial score (nSPS) is 10.9. The smallest absolute Gasteiger partial charge is 0.264 e. The van der Waals surface area contributed by atoms with Crippen molar-refractivity contribution >= 4 is 27.9 Å². The number of ether oxygens (including phenoxy) is 2. The van der Waals surface area contributed by atoms with Crippen molar-refractivity contribution in [2.45, 2.75) is 13.5 Å². The van der Waals surface area contributed by atoms with Crippen LogP contribution in [0.2, 0.25) is 0 Å². The molecule has 2 aromatic carbocycles. The van der Waals surface area contributed by atoms with Gasteiger partial charge in [0.1, 0.15) is 24.1 Å². The zero-order valence-electron chi connectivity index (χ0n) is 15.8. The first-order valence-corrected chi connectivity index (χ1v) is 9.32. The molecule has 0 saturated heterocycles. The van der Waals surface area contributed by atoms with Gasteiger partial charge in [-0.1, -0.05) is 12.1 Å². The van der Waals surface area contributed by atoms with E-state index in [9.17, 15) is 14.4 Å². The maximum absolute atomic E-state index is 13.0. The molecule has 0 fully saturated rings. The van der Waals surface area contributed by atoms with Crippen molar-refractivity contribution in [1.82, 2.24) is 4.90 Å². The second-order valence-electron chi connectivity index (χ2n) is 6.05. The molecule has 0 aromatic heterocycles. The largest absolute Gasteiger partial charge is 0.490 e. The molecule has 0 spiro atoms. The second kappa shape index (κ2) is 9.90. The Kier molecular flexibility index (Phi) is 7.59. The Morgan fingerprint density at radius 1 is 1.25 bits per heavy atom. The summed E-state index contributed by atoms with van der Waals surface area (Å²) < 4.78 is 25.2. The zero-order chi connectivity index (χ0) is 20.7. The summed E-state index contributed by atoms with van der Waals surface area (Å²) in [6.45, 7) is 2.49. The molecule has 0 bridgehead atoms. The van der Waals surface area contributed by atoms with E-state index in [4.69, 9.17) is 9.47 Å². The molecule has 7 heteroatoms. The first-order valence-electron chi connectivity index (χ1n) is 8.52. The van der Waals surface area contributed by atoms with Crippen LogP contribution in [0, 0.1) is 17.1 Å². The maximum Gasteiger partial charge on any atom is 0.264 e. The lowest BCUT2D eigenvalue weighted by Crippen LogP contribution is -2.22. The third-order valence-electron chi connectivity index (χ3n) is 3.70. The van der Waals surface area contributed by atoms with Gasteiger partial charge in [0, 0.05) is 14.1 Å². The molecule has 0 saturated carbocycles. The van der Waals surface area contributed by atoms with E-state index in [0.717, 1.165) is 5.56 Å². The summed E-state index contributed by atoms with van der Waals surface area (Å²) in [5.74, 6) is 0.269. The minimum Gasteiger partial charge on any atom is -0.490 e. The number of nitriles is 1. The number of rotatable bonds is 7. The van der Waals surface area contributed by atoms with Gasteiger partial charge >= 0.3 is 0 Å². The second-order valence-corrected chi connectivity index (χ2v) is 6.90. The summed E-state index contributed by atoms with van der Waals surface area (Å²) in [4.78, 5) is 13.4. The van der Waals surface area contributed by atoms with Gasteiger partial charge in [0.15, 0.2) is 11.5 Å². The minimum absolute atomic E-state index is 0.0133. The van der Waals surface area contributed by atoms with E-state index >= 15 is 0 Å². The number of halogens is 2. The Morgan fingerprint density at radius 2 is 1.93 bits per heavy atom. The van der Waals surface area contributed by atoms with Gasteiger partial charge in [0.2, 0.25) is 0 Å². The Bertz CT molecular complexity index is 918. The number of likely N-dealkylation sites (N-methyl/N-ethyl adjacent to an activating group) is 1. The molecular weight excluding hydrogens is 427 g/mol. The van der Waals surface area contributed by atoms with Gasteiger partial charge in [-0.25, -0.2) is 4.39 Å². The van der Waals surface area contributed by atoms with E-state index in [1.807, 2.05) is 13.0 Å². The highest BCUT2D eigenvalue weighted by atomic mass is 79.9. The third-order valence-corrected chi connectivity index (χ3v) is 4.29. The lowest BCUT2D eigenvalue weighted by atomic mass is 10.1. The highest BCUT2D eigenvalue weighted by Gasteiger charge is 2.15. The van der Waals surface area contributed by atoms with Gasteiger partial charge in [-0.05, 0) is 64.3 Å². The number of amides is 1. The first kappa shape index (κ1) is 21.5. The molecule has 2 rings (SSSR count). The van der Waals surface area contributed by atoms with Crippen molar-refractivity contribution in [1.29, 1.82) is 5.26 Å². The summed E-state index contributed by atoms with van der Waals surface area (Å²) in [6, 6.07) is 11.4. The van der Waals surface area contributed by atoms with E-state index in [2.05, 4.69) is 15.9 Å². The van der Waals surface area contributed by atoms with Crippen molar-refractivity contribution < 1.29 is 18.7 Å². The van der Waals surface area contributed by atoms with Gasteiger partial charge in [-0.2, -0.15) is 5.26 Å². The van der Waals surface area contributed by atoms with Crippen LogP contribution in [0.3, 0.4) is 0 Å². The highest BCUT2D eigenvalue weighted by Crippen LogP contribution is 2.38. The molecule has 28 heavy (non-hydrogen) atoms. The predicted octanol–water partition coefficient (Wildman–Crippen LogP) is 4.56. The van der Waals surface area contributed by atoms with Crippen LogP contribution in [0.15, 0.2) is 46.4 Å². The van der Waals surface area contributed by atoms with Gasteiger partial charge in [0.25, 0.3) is 5.91 Å². The molecule has 0 aliphatic rings. The Hall–Kier alpha value is -2.85. The summed E-state index contributed by atoms with van der Waals surface area (Å²) in [7, 11) is 3.17. The number of hydrogen-bond acceptors (Lipinski definition) is 4. The molecule has 0 heterocycles. The van der Waals surface area contributed by atoms with Crippen molar-refractivity contribution in [2.75, 3.05) is 20.7 Å². The predicted molar refractivity (Wildman–Crippen MR) is 108 cm³/mol. The summed E-state index contributed by atoms with van der Waals surface area (Å²) in [5.41, 5.74) is 1.44. The summed E-state index contributed by atoms with van der Waals surface area (Å²) >= 11 is 3.46. The average Bonchev–Trinajstić information content (AvgIpc) is 2.66. The first-order chi connectivity index (χ1) is 13.3. The van der Waals surface area contributed by atoms with Crippen LogP contribution in [0.5, 0.6) is 11.5 Å². The molecule has 0 aliphatic carbocycles. The Labute approximate surface area is 172 Å². The van der Waals surface area contributed by atoms with Crippen LogP contribution in [-0.4, -0.2) is 31.5 Å². The highest BCUT2D eigenvalue weighted by molar-refractivity contribution is 9.10. The quantitative estimate of drug-likeness (QED) is 0.461. The topological polar surface area (TPSA) is 62.6 Å².